The van der Waals surface area contributed by atoms with E-state index in [4.69, 9.17) is 9.47 Å². The van der Waals surface area contributed by atoms with Crippen molar-refractivity contribution in [2.45, 2.75) is 6.54 Å². The number of amides is 1. The summed E-state index contributed by atoms with van der Waals surface area (Å²) in [6, 6.07) is 6.09. The molecule has 0 bridgehead atoms. The van der Waals surface area contributed by atoms with Gasteiger partial charge in [0.05, 0.1) is 13.2 Å². The first kappa shape index (κ1) is 13.6. The molecular weight excluding hydrogens is 225 g/mol. The highest BCUT2D eigenvalue weighted by Gasteiger charge is 2.01. The third-order valence-corrected chi connectivity index (χ3v) is 2.04. The van der Waals surface area contributed by atoms with Crippen LogP contribution >= 0.6 is 0 Å². The fourth-order valence-corrected chi connectivity index (χ4v) is 1.21. The molecule has 5 heteroatoms. The first-order chi connectivity index (χ1) is 8.22. The predicted molar refractivity (Wildman–Crippen MR) is 60.9 cm³/mol. The summed E-state index contributed by atoms with van der Waals surface area (Å²) in [5.74, 6) is -0.543. The maximum Gasteiger partial charge on any atom is 0.246 e. The molecule has 17 heavy (non-hydrogen) atoms. The Morgan fingerprint density at radius 1 is 1.41 bits per heavy atom. The van der Waals surface area contributed by atoms with Gasteiger partial charge in [-0.2, -0.15) is 0 Å². The SMILES string of the molecule is COCCOCC(=O)NCc1cccc(F)c1. The Hall–Kier alpha value is -1.46. The van der Waals surface area contributed by atoms with E-state index in [1.54, 1.807) is 19.2 Å². The van der Waals surface area contributed by atoms with E-state index in [0.29, 0.717) is 19.8 Å². The van der Waals surface area contributed by atoms with Crippen molar-refractivity contribution in [3.8, 4) is 0 Å². The Morgan fingerprint density at radius 2 is 2.24 bits per heavy atom. The lowest BCUT2D eigenvalue weighted by Crippen LogP contribution is -2.27. The van der Waals surface area contributed by atoms with E-state index < -0.39 is 0 Å². The van der Waals surface area contributed by atoms with Crippen LogP contribution in [0.1, 0.15) is 5.56 Å². The standard InChI is InChI=1S/C12H16FNO3/c1-16-5-6-17-9-12(15)14-8-10-3-2-4-11(13)7-10/h2-4,7H,5-6,8-9H2,1H3,(H,14,15). The van der Waals surface area contributed by atoms with Gasteiger partial charge in [-0.1, -0.05) is 12.1 Å². The van der Waals surface area contributed by atoms with Crippen LogP contribution in [0.5, 0.6) is 0 Å². The summed E-state index contributed by atoms with van der Waals surface area (Å²) in [6.07, 6.45) is 0. The number of halogens is 1. The van der Waals surface area contributed by atoms with Gasteiger partial charge in [0.1, 0.15) is 12.4 Å². The molecule has 0 aromatic heterocycles. The molecule has 1 amide bonds. The average molecular weight is 241 g/mol. The Balaban J connectivity index is 2.19. The van der Waals surface area contributed by atoms with E-state index in [0.717, 1.165) is 5.56 Å². The van der Waals surface area contributed by atoms with Crippen LogP contribution in [0.4, 0.5) is 4.39 Å². The molecule has 0 aliphatic carbocycles. The molecule has 0 aliphatic rings. The minimum atomic E-state index is -0.312. The third-order valence-electron chi connectivity index (χ3n) is 2.04. The Labute approximate surface area is 99.7 Å². The molecule has 0 aliphatic heterocycles. The molecule has 0 unspecified atom stereocenters. The summed E-state index contributed by atoms with van der Waals surface area (Å²) in [5, 5.41) is 2.63. The number of benzene rings is 1. The molecule has 0 fully saturated rings. The second-order valence-electron chi connectivity index (χ2n) is 3.45. The molecular formula is C12H16FNO3. The van der Waals surface area contributed by atoms with Crippen molar-refractivity contribution in [2.24, 2.45) is 0 Å². The lowest BCUT2D eigenvalue weighted by atomic mass is 10.2. The van der Waals surface area contributed by atoms with E-state index >= 15 is 0 Å². The summed E-state index contributed by atoms with van der Waals surface area (Å²) >= 11 is 0. The van der Waals surface area contributed by atoms with E-state index in [1.807, 2.05) is 0 Å². The number of rotatable bonds is 7. The smallest absolute Gasteiger partial charge is 0.246 e. The van der Waals surface area contributed by atoms with Gasteiger partial charge >= 0.3 is 0 Å². The molecule has 0 saturated carbocycles. The van der Waals surface area contributed by atoms with Crippen LogP contribution in [-0.4, -0.2) is 32.8 Å². The van der Waals surface area contributed by atoms with Gasteiger partial charge in [-0.25, -0.2) is 4.39 Å². The number of carbonyl (C=O) groups excluding carboxylic acids is 1. The molecule has 0 spiro atoms. The van der Waals surface area contributed by atoms with E-state index in [1.165, 1.54) is 12.1 Å². The van der Waals surface area contributed by atoms with Gasteiger partial charge in [-0.05, 0) is 17.7 Å². The van der Waals surface area contributed by atoms with E-state index in [-0.39, 0.29) is 18.3 Å². The summed E-state index contributed by atoms with van der Waals surface area (Å²) in [4.78, 5) is 11.3. The van der Waals surface area contributed by atoms with Crippen molar-refractivity contribution in [2.75, 3.05) is 26.9 Å². The topological polar surface area (TPSA) is 47.6 Å². The summed E-state index contributed by atoms with van der Waals surface area (Å²) < 4.78 is 22.6. The van der Waals surface area contributed by atoms with Gasteiger partial charge in [0.2, 0.25) is 5.91 Å². The van der Waals surface area contributed by atoms with E-state index in [2.05, 4.69) is 5.32 Å². The van der Waals surface area contributed by atoms with Gasteiger partial charge in [0.25, 0.3) is 0 Å². The van der Waals surface area contributed by atoms with Crippen molar-refractivity contribution >= 4 is 5.91 Å². The average Bonchev–Trinajstić information content (AvgIpc) is 2.32. The normalized spacial score (nSPS) is 10.2. The minimum absolute atomic E-state index is 0.0152. The molecule has 0 heterocycles. The number of nitrogens with one attached hydrogen (secondary N) is 1. The van der Waals surface area contributed by atoms with Crippen LogP contribution < -0.4 is 5.32 Å². The number of carbonyl (C=O) groups is 1. The predicted octanol–water partition coefficient (Wildman–Crippen LogP) is 1.10. The Bertz CT molecular complexity index is 357. The van der Waals surface area contributed by atoms with Gasteiger partial charge in [-0.15, -0.1) is 0 Å². The van der Waals surface area contributed by atoms with Crippen LogP contribution in [0, 0.1) is 5.82 Å². The first-order valence-electron chi connectivity index (χ1n) is 5.30. The van der Waals surface area contributed by atoms with E-state index in [9.17, 15) is 9.18 Å². The third kappa shape index (κ3) is 5.99. The second kappa shape index (κ2) is 7.76. The van der Waals surface area contributed by atoms with Crippen molar-refractivity contribution in [1.29, 1.82) is 0 Å². The first-order valence-corrected chi connectivity index (χ1v) is 5.30. The second-order valence-corrected chi connectivity index (χ2v) is 3.45. The number of hydrogen-bond donors (Lipinski definition) is 1. The summed E-state index contributed by atoms with van der Waals surface area (Å²) in [7, 11) is 1.56. The quantitative estimate of drug-likeness (QED) is 0.727. The minimum Gasteiger partial charge on any atom is -0.382 e. The Kier molecular flexibility index (Phi) is 6.21. The monoisotopic (exact) mass is 241 g/mol. The van der Waals surface area contributed by atoms with Gasteiger partial charge < -0.3 is 14.8 Å². The van der Waals surface area contributed by atoms with Gasteiger partial charge in [0, 0.05) is 13.7 Å². The van der Waals surface area contributed by atoms with Crippen molar-refractivity contribution < 1.29 is 18.7 Å². The maximum absolute atomic E-state index is 12.8. The van der Waals surface area contributed by atoms with Crippen molar-refractivity contribution in [3.63, 3.8) is 0 Å². The zero-order valence-corrected chi connectivity index (χ0v) is 9.74. The van der Waals surface area contributed by atoms with Crippen LogP contribution in [0.2, 0.25) is 0 Å². The molecule has 0 radical (unpaired) electrons. The summed E-state index contributed by atoms with van der Waals surface area (Å²) in [6.45, 7) is 1.12. The zero-order valence-electron chi connectivity index (χ0n) is 9.74. The molecule has 0 atom stereocenters. The van der Waals surface area contributed by atoms with Crippen molar-refractivity contribution in [1.82, 2.24) is 5.32 Å². The lowest BCUT2D eigenvalue weighted by molar-refractivity contribution is -0.126. The fraction of sp³-hybridized carbons (Fsp3) is 0.417. The molecule has 1 rings (SSSR count). The number of ether oxygens (including phenoxy) is 2. The van der Waals surface area contributed by atoms with Crippen molar-refractivity contribution in [3.05, 3.63) is 35.6 Å². The summed E-state index contributed by atoms with van der Waals surface area (Å²) in [5.41, 5.74) is 0.718. The maximum atomic E-state index is 12.8. The zero-order chi connectivity index (χ0) is 12.5. The number of hydrogen-bond acceptors (Lipinski definition) is 3. The largest absolute Gasteiger partial charge is 0.382 e. The van der Waals surface area contributed by atoms with Crippen LogP contribution in [0.15, 0.2) is 24.3 Å². The Morgan fingerprint density at radius 3 is 2.94 bits per heavy atom. The van der Waals surface area contributed by atoms with Gasteiger partial charge in [-0.3, -0.25) is 4.79 Å². The molecule has 1 N–H and O–H groups in total. The highest BCUT2D eigenvalue weighted by molar-refractivity contribution is 5.77. The van der Waals surface area contributed by atoms with Crippen LogP contribution in [-0.2, 0) is 20.8 Å². The molecule has 4 nitrogen and oxygen atoms in total. The highest BCUT2D eigenvalue weighted by atomic mass is 19.1. The fourth-order valence-electron chi connectivity index (χ4n) is 1.21. The molecule has 1 aromatic carbocycles. The lowest BCUT2D eigenvalue weighted by Gasteiger charge is -2.06. The molecule has 94 valence electrons. The molecule has 0 saturated heterocycles. The number of methoxy groups -OCH3 is 1. The highest BCUT2D eigenvalue weighted by Crippen LogP contribution is 2.02. The van der Waals surface area contributed by atoms with Crippen LogP contribution in [0.25, 0.3) is 0 Å². The van der Waals surface area contributed by atoms with Gasteiger partial charge in [0.15, 0.2) is 0 Å². The van der Waals surface area contributed by atoms with Crippen LogP contribution in [0.3, 0.4) is 0 Å². The molecule has 1 aromatic rings.